The van der Waals surface area contributed by atoms with Crippen LogP contribution in [0.15, 0.2) is 30.3 Å². The standard InChI is InChI=1S/C21H24N4O3S/c1-13-17(29-20(22-13)15-5-3-2-4-6-15)19(27)24-23-18(26)14-9-11-25(12-10-14)21(28)16-7-8-16/h2-6,14,16H,7-12H2,1H3,(H,23,26)(H,24,27). The third-order valence-corrected chi connectivity index (χ3v) is 6.63. The molecule has 0 radical (unpaired) electrons. The summed E-state index contributed by atoms with van der Waals surface area (Å²) in [5.41, 5.74) is 6.65. The fourth-order valence-corrected chi connectivity index (χ4v) is 4.51. The van der Waals surface area contributed by atoms with Gasteiger partial charge in [-0.15, -0.1) is 11.3 Å². The lowest BCUT2D eigenvalue weighted by molar-refractivity contribution is -0.136. The summed E-state index contributed by atoms with van der Waals surface area (Å²) in [6, 6.07) is 9.68. The van der Waals surface area contributed by atoms with Crippen LogP contribution in [0.25, 0.3) is 10.6 Å². The normalized spacial score (nSPS) is 17.1. The number of likely N-dealkylation sites (tertiary alicyclic amines) is 1. The van der Waals surface area contributed by atoms with Crippen LogP contribution in [0, 0.1) is 18.8 Å². The van der Waals surface area contributed by atoms with Crippen LogP contribution >= 0.6 is 11.3 Å². The molecule has 2 N–H and O–H groups in total. The zero-order valence-electron chi connectivity index (χ0n) is 16.3. The van der Waals surface area contributed by atoms with Crippen molar-refractivity contribution in [3.8, 4) is 10.6 Å². The highest BCUT2D eigenvalue weighted by Gasteiger charge is 2.36. The van der Waals surface area contributed by atoms with E-state index >= 15 is 0 Å². The second-order valence-electron chi connectivity index (χ2n) is 7.62. The zero-order chi connectivity index (χ0) is 20.4. The lowest BCUT2D eigenvalue weighted by Gasteiger charge is -2.31. The fraction of sp³-hybridized carbons (Fsp3) is 0.429. The number of rotatable bonds is 4. The van der Waals surface area contributed by atoms with E-state index in [2.05, 4.69) is 15.8 Å². The Hall–Kier alpha value is -2.74. The van der Waals surface area contributed by atoms with Gasteiger partial charge in [0.25, 0.3) is 5.91 Å². The van der Waals surface area contributed by atoms with Crippen LogP contribution in [0.3, 0.4) is 0 Å². The van der Waals surface area contributed by atoms with Crippen molar-refractivity contribution in [1.29, 1.82) is 0 Å². The summed E-state index contributed by atoms with van der Waals surface area (Å²) in [5.74, 6) is -0.324. The first-order valence-corrected chi connectivity index (χ1v) is 10.8. The maximum atomic E-state index is 12.5. The van der Waals surface area contributed by atoms with Crippen molar-refractivity contribution in [2.75, 3.05) is 13.1 Å². The first kappa shape index (κ1) is 19.6. The lowest BCUT2D eigenvalue weighted by atomic mass is 9.96. The van der Waals surface area contributed by atoms with Gasteiger partial charge in [-0.05, 0) is 32.6 Å². The molecule has 7 nitrogen and oxygen atoms in total. The van der Waals surface area contributed by atoms with E-state index in [-0.39, 0.29) is 29.6 Å². The number of carbonyl (C=O) groups is 3. The van der Waals surface area contributed by atoms with Crippen molar-refractivity contribution < 1.29 is 14.4 Å². The lowest BCUT2D eigenvalue weighted by Crippen LogP contribution is -2.48. The van der Waals surface area contributed by atoms with Gasteiger partial charge in [-0.2, -0.15) is 0 Å². The molecule has 0 spiro atoms. The summed E-state index contributed by atoms with van der Waals surface area (Å²) >= 11 is 1.30. The summed E-state index contributed by atoms with van der Waals surface area (Å²) in [5, 5.41) is 0.771. The van der Waals surface area contributed by atoms with Crippen LogP contribution in [0.2, 0.25) is 0 Å². The van der Waals surface area contributed by atoms with Gasteiger partial charge in [-0.25, -0.2) is 4.98 Å². The molecule has 8 heteroatoms. The van der Waals surface area contributed by atoms with Crippen molar-refractivity contribution in [2.24, 2.45) is 11.8 Å². The highest BCUT2D eigenvalue weighted by atomic mass is 32.1. The summed E-state index contributed by atoms with van der Waals surface area (Å²) < 4.78 is 0. The van der Waals surface area contributed by atoms with Gasteiger partial charge in [-0.1, -0.05) is 30.3 Å². The number of hydrazine groups is 1. The molecule has 1 aliphatic heterocycles. The van der Waals surface area contributed by atoms with Crippen LogP contribution in [0.5, 0.6) is 0 Å². The minimum atomic E-state index is -0.364. The van der Waals surface area contributed by atoms with Gasteiger partial charge in [0.15, 0.2) is 0 Å². The Morgan fingerprint density at radius 1 is 1.00 bits per heavy atom. The van der Waals surface area contributed by atoms with Crippen molar-refractivity contribution >= 4 is 29.1 Å². The molecule has 1 aromatic heterocycles. The average Bonchev–Trinajstić information content (AvgIpc) is 3.53. The van der Waals surface area contributed by atoms with Crippen LogP contribution in [-0.2, 0) is 9.59 Å². The van der Waals surface area contributed by atoms with Gasteiger partial charge in [0.2, 0.25) is 11.8 Å². The minimum absolute atomic E-state index is 0.194. The highest BCUT2D eigenvalue weighted by Crippen LogP contribution is 2.32. The molecular weight excluding hydrogens is 388 g/mol. The van der Waals surface area contributed by atoms with Gasteiger partial charge >= 0.3 is 0 Å². The maximum Gasteiger partial charge on any atom is 0.281 e. The summed E-state index contributed by atoms with van der Waals surface area (Å²) in [7, 11) is 0. The SMILES string of the molecule is Cc1nc(-c2ccccc2)sc1C(=O)NNC(=O)C1CCN(C(=O)C2CC2)CC1. The van der Waals surface area contributed by atoms with E-state index in [9.17, 15) is 14.4 Å². The van der Waals surface area contributed by atoms with E-state index in [0.717, 1.165) is 23.4 Å². The number of aromatic nitrogens is 1. The van der Waals surface area contributed by atoms with Crippen LogP contribution in [0.1, 0.15) is 41.0 Å². The molecule has 2 aliphatic rings. The molecule has 2 aromatic rings. The number of hydrogen-bond acceptors (Lipinski definition) is 5. The van der Waals surface area contributed by atoms with Crippen LogP contribution in [0.4, 0.5) is 0 Å². The third kappa shape index (κ3) is 4.48. The average molecular weight is 413 g/mol. The monoisotopic (exact) mass is 412 g/mol. The zero-order valence-corrected chi connectivity index (χ0v) is 17.1. The Morgan fingerprint density at radius 2 is 1.69 bits per heavy atom. The van der Waals surface area contributed by atoms with E-state index in [4.69, 9.17) is 0 Å². The predicted octanol–water partition coefficient (Wildman–Crippen LogP) is 2.53. The molecule has 1 saturated heterocycles. The van der Waals surface area contributed by atoms with Crippen molar-refractivity contribution in [2.45, 2.75) is 32.6 Å². The summed E-state index contributed by atoms with van der Waals surface area (Å²) in [4.78, 5) is 43.9. The number of nitrogens with one attached hydrogen (secondary N) is 2. The largest absolute Gasteiger partial charge is 0.342 e. The van der Waals surface area contributed by atoms with E-state index < -0.39 is 0 Å². The quantitative estimate of drug-likeness (QED) is 0.755. The molecule has 0 bridgehead atoms. The van der Waals surface area contributed by atoms with Crippen LogP contribution < -0.4 is 10.9 Å². The number of benzene rings is 1. The van der Waals surface area contributed by atoms with Gasteiger partial charge < -0.3 is 4.90 Å². The highest BCUT2D eigenvalue weighted by molar-refractivity contribution is 7.17. The summed E-state index contributed by atoms with van der Waals surface area (Å²) in [6.45, 7) is 3.00. The molecule has 1 saturated carbocycles. The topological polar surface area (TPSA) is 91.4 Å². The fourth-order valence-electron chi connectivity index (χ4n) is 3.54. The number of amides is 3. The molecule has 0 atom stereocenters. The molecule has 1 aromatic carbocycles. The molecule has 1 aliphatic carbocycles. The van der Waals surface area contributed by atoms with Gasteiger partial charge in [0.05, 0.1) is 5.69 Å². The van der Waals surface area contributed by atoms with Gasteiger partial charge in [-0.3, -0.25) is 25.2 Å². The smallest absolute Gasteiger partial charge is 0.281 e. The number of piperidine rings is 1. The molecule has 29 heavy (non-hydrogen) atoms. The Labute approximate surface area is 173 Å². The first-order valence-electron chi connectivity index (χ1n) is 9.94. The third-order valence-electron chi connectivity index (χ3n) is 5.43. The molecule has 4 rings (SSSR count). The number of hydrogen-bond donors (Lipinski definition) is 2. The van der Waals surface area contributed by atoms with E-state index in [1.807, 2.05) is 35.2 Å². The van der Waals surface area contributed by atoms with Crippen molar-refractivity contribution in [1.82, 2.24) is 20.7 Å². The Morgan fingerprint density at radius 3 is 2.34 bits per heavy atom. The van der Waals surface area contributed by atoms with Crippen LogP contribution in [-0.4, -0.2) is 40.7 Å². The maximum absolute atomic E-state index is 12.5. The number of nitrogens with zero attached hydrogens (tertiary/aromatic N) is 2. The minimum Gasteiger partial charge on any atom is -0.342 e. The Kier molecular flexibility index (Phi) is 5.62. The Balaban J connectivity index is 1.29. The predicted molar refractivity (Wildman–Crippen MR) is 110 cm³/mol. The van der Waals surface area contributed by atoms with Crippen molar-refractivity contribution in [3.05, 3.63) is 40.9 Å². The second kappa shape index (κ2) is 8.32. The molecule has 2 fully saturated rings. The number of thiazole rings is 1. The summed E-state index contributed by atoms with van der Waals surface area (Å²) in [6.07, 6.45) is 3.23. The van der Waals surface area contributed by atoms with E-state index in [1.165, 1.54) is 11.3 Å². The van der Waals surface area contributed by atoms with E-state index in [1.54, 1.807) is 6.92 Å². The molecule has 0 unspecified atom stereocenters. The Bertz CT molecular complexity index is 915. The number of aryl methyl sites for hydroxylation is 1. The first-order chi connectivity index (χ1) is 14.0. The van der Waals surface area contributed by atoms with Gasteiger partial charge in [0.1, 0.15) is 9.88 Å². The molecule has 2 heterocycles. The number of carbonyl (C=O) groups excluding carboxylic acids is 3. The second-order valence-corrected chi connectivity index (χ2v) is 8.62. The van der Waals surface area contributed by atoms with Crippen molar-refractivity contribution in [3.63, 3.8) is 0 Å². The molecule has 3 amide bonds. The van der Waals surface area contributed by atoms with Gasteiger partial charge in [0, 0.05) is 30.5 Å². The molecule has 152 valence electrons. The molecular formula is C21H24N4O3S. The van der Waals surface area contributed by atoms with E-state index in [0.29, 0.717) is 36.5 Å².